The van der Waals surface area contributed by atoms with Gasteiger partial charge >= 0.3 is 6.55 Å². The first-order valence-corrected chi connectivity index (χ1v) is 8.62. The van der Waals surface area contributed by atoms with Crippen molar-refractivity contribution in [3.8, 4) is 0 Å². The van der Waals surface area contributed by atoms with Crippen LogP contribution in [-0.2, 0) is 11.2 Å². The number of aryl methyl sites for hydroxylation is 1. The maximum absolute atomic E-state index is 12.9. The Morgan fingerprint density at radius 2 is 1.92 bits per heavy atom. The quantitative estimate of drug-likeness (QED) is 0.865. The number of nitrogens with one attached hydrogen (secondary N) is 1. The minimum atomic E-state index is -2.68. The van der Waals surface area contributed by atoms with E-state index in [0.29, 0.717) is 27.6 Å². The van der Waals surface area contributed by atoms with E-state index in [-0.39, 0.29) is 18.4 Å². The molecule has 0 aromatic carbocycles. The molecule has 1 aromatic heterocycles. The van der Waals surface area contributed by atoms with E-state index in [1.165, 1.54) is 0 Å². The lowest BCUT2D eigenvalue weighted by atomic mass is 10.0. The SMILES string of the molecule is Cc1nn(C(F)F)c(C)c1CC(=O)NC1CCN(CC(C)C)CC1. The van der Waals surface area contributed by atoms with Gasteiger partial charge in [-0.05, 0) is 32.6 Å². The van der Waals surface area contributed by atoms with E-state index in [4.69, 9.17) is 0 Å². The number of hydrogen-bond acceptors (Lipinski definition) is 3. The fraction of sp³-hybridized carbons (Fsp3) is 0.765. The van der Waals surface area contributed by atoms with E-state index in [2.05, 4.69) is 29.2 Å². The molecule has 5 nitrogen and oxygen atoms in total. The number of aromatic nitrogens is 2. The smallest absolute Gasteiger partial charge is 0.333 e. The van der Waals surface area contributed by atoms with Crippen molar-refractivity contribution in [2.24, 2.45) is 5.92 Å². The van der Waals surface area contributed by atoms with Gasteiger partial charge in [-0.1, -0.05) is 13.8 Å². The van der Waals surface area contributed by atoms with E-state index in [0.717, 1.165) is 32.5 Å². The number of carbonyl (C=O) groups excluding carboxylic acids is 1. The lowest BCUT2D eigenvalue weighted by Gasteiger charge is -2.33. The summed E-state index contributed by atoms with van der Waals surface area (Å²) >= 11 is 0. The number of rotatable bonds is 6. The molecule has 1 N–H and O–H groups in total. The summed E-state index contributed by atoms with van der Waals surface area (Å²) < 4.78 is 26.4. The third-order valence-corrected chi connectivity index (χ3v) is 4.57. The van der Waals surface area contributed by atoms with Crippen LogP contribution >= 0.6 is 0 Å². The molecule has 0 unspecified atom stereocenters. The summed E-state index contributed by atoms with van der Waals surface area (Å²) in [6, 6.07) is 0.173. The van der Waals surface area contributed by atoms with Crippen LogP contribution in [0.1, 0.15) is 50.2 Å². The second-order valence-electron chi connectivity index (χ2n) is 7.08. The molecule has 0 bridgehead atoms. The summed E-state index contributed by atoms with van der Waals surface area (Å²) in [4.78, 5) is 14.7. The number of amides is 1. The Labute approximate surface area is 142 Å². The zero-order valence-corrected chi connectivity index (χ0v) is 15.0. The van der Waals surface area contributed by atoms with Gasteiger partial charge in [0.05, 0.1) is 12.1 Å². The number of likely N-dealkylation sites (tertiary alicyclic amines) is 1. The van der Waals surface area contributed by atoms with Crippen LogP contribution in [0.15, 0.2) is 0 Å². The van der Waals surface area contributed by atoms with Gasteiger partial charge in [0, 0.05) is 36.9 Å². The van der Waals surface area contributed by atoms with Crippen LogP contribution in [0.5, 0.6) is 0 Å². The Morgan fingerprint density at radius 1 is 1.29 bits per heavy atom. The second-order valence-corrected chi connectivity index (χ2v) is 7.08. The van der Waals surface area contributed by atoms with Gasteiger partial charge in [0.25, 0.3) is 0 Å². The average Bonchev–Trinajstić information content (AvgIpc) is 2.77. The first-order valence-electron chi connectivity index (χ1n) is 8.62. The van der Waals surface area contributed by atoms with Crippen molar-refractivity contribution >= 4 is 5.91 Å². The third kappa shape index (κ3) is 4.75. The fourth-order valence-corrected chi connectivity index (χ4v) is 3.36. The number of nitrogens with zero attached hydrogens (tertiary/aromatic N) is 3. The minimum Gasteiger partial charge on any atom is -0.353 e. The zero-order valence-electron chi connectivity index (χ0n) is 15.0. The molecular weight excluding hydrogens is 314 g/mol. The van der Waals surface area contributed by atoms with Crippen molar-refractivity contribution in [1.29, 1.82) is 0 Å². The van der Waals surface area contributed by atoms with Crippen molar-refractivity contribution in [3.63, 3.8) is 0 Å². The molecule has 1 saturated heterocycles. The van der Waals surface area contributed by atoms with Crippen molar-refractivity contribution in [2.75, 3.05) is 19.6 Å². The van der Waals surface area contributed by atoms with Crippen molar-refractivity contribution in [2.45, 2.75) is 59.5 Å². The van der Waals surface area contributed by atoms with Gasteiger partial charge in [-0.25, -0.2) is 4.68 Å². The number of piperidine rings is 1. The molecule has 2 heterocycles. The highest BCUT2D eigenvalue weighted by molar-refractivity contribution is 5.79. The van der Waals surface area contributed by atoms with Crippen LogP contribution in [0.3, 0.4) is 0 Å². The minimum absolute atomic E-state index is 0.108. The lowest BCUT2D eigenvalue weighted by Crippen LogP contribution is -2.45. The van der Waals surface area contributed by atoms with Crippen LogP contribution < -0.4 is 5.32 Å². The molecule has 1 aromatic rings. The maximum atomic E-state index is 12.9. The van der Waals surface area contributed by atoms with Crippen LogP contribution in [0.25, 0.3) is 0 Å². The summed E-state index contributed by atoms with van der Waals surface area (Å²) in [5.41, 5.74) is 1.46. The molecule has 136 valence electrons. The van der Waals surface area contributed by atoms with E-state index in [9.17, 15) is 13.6 Å². The molecule has 0 radical (unpaired) electrons. The van der Waals surface area contributed by atoms with Crippen LogP contribution in [-0.4, -0.2) is 46.3 Å². The van der Waals surface area contributed by atoms with Crippen molar-refractivity contribution < 1.29 is 13.6 Å². The van der Waals surface area contributed by atoms with E-state index in [1.54, 1.807) is 13.8 Å². The second kappa shape index (κ2) is 8.05. The molecule has 24 heavy (non-hydrogen) atoms. The predicted molar refractivity (Wildman–Crippen MR) is 89.1 cm³/mol. The third-order valence-electron chi connectivity index (χ3n) is 4.57. The first kappa shape index (κ1) is 18.8. The molecule has 1 fully saturated rings. The van der Waals surface area contributed by atoms with E-state index in [1.807, 2.05) is 0 Å². The highest BCUT2D eigenvalue weighted by atomic mass is 19.3. The molecule has 0 spiro atoms. The Kier molecular flexibility index (Phi) is 6.32. The van der Waals surface area contributed by atoms with Gasteiger partial charge in [-0.15, -0.1) is 0 Å². The summed E-state index contributed by atoms with van der Waals surface area (Å²) in [6.45, 7) is 8.06. The monoisotopic (exact) mass is 342 g/mol. The predicted octanol–water partition coefficient (Wildman–Crippen LogP) is 2.67. The molecular formula is C17H28F2N4O. The van der Waals surface area contributed by atoms with Crippen LogP contribution in [0.2, 0.25) is 0 Å². The Morgan fingerprint density at radius 3 is 2.42 bits per heavy atom. The topological polar surface area (TPSA) is 50.2 Å². The largest absolute Gasteiger partial charge is 0.353 e. The highest BCUT2D eigenvalue weighted by Gasteiger charge is 2.23. The molecule has 0 aliphatic carbocycles. The Balaban J connectivity index is 1.86. The molecule has 2 rings (SSSR count). The molecule has 7 heteroatoms. The summed E-state index contributed by atoms with van der Waals surface area (Å²) in [7, 11) is 0. The highest BCUT2D eigenvalue weighted by Crippen LogP contribution is 2.20. The molecule has 0 saturated carbocycles. The van der Waals surface area contributed by atoms with Gasteiger partial charge in [0.15, 0.2) is 0 Å². The van der Waals surface area contributed by atoms with Gasteiger partial charge in [0.1, 0.15) is 0 Å². The number of carbonyl (C=O) groups is 1. The van der Waals surface area contributed by atoms with Gasteiger partial charge < -0.3 is 10.2 Å². The van der Waals surface area contributed by atoms with Crippen molar-refractivity contribution in [3.05, 3.63) is 17.0 Å². The number of halogens is 2. The van der Waals surface area contributed by atoms with Crippen LogP contribution in [0, 0.1) is 19.8 Å². The van der Waals surface area contributed by atoms with Gasteiger partial charge in [-0.3, -0.25) is 4.79 Å². The molecule has 0 atom stereocenters. The molecule has 1 aliphatic heterocycles. The molecule has 1 amide bonds. The Hall–Kier alpha value is -1.50. The Bertz CT molecular complexity index is 563. The average molecular weight is 342 g/mol. The standard InChI is InChI=1S/C17H28F2N4O/c1-11(2)10-22-7-5-14(6-8-22)20-16(24)9-15-12(3)21-23(13(15)4)17(18)19/h11,14,17H,5-10H2,1-4H3,(H,20,24). The fourth-order valence-electron chi connectivity index (χ4n) is 3.36. The van der Waals surface area contributed by atoms with Gasteiger partial charge in [0.2, 0.25) is 5.91 Å². The lowest BCUT2D eigenvalue weighted by molar-refractivity contribution is -0.121. The van der Waals surface area contributed by atoms with E-state index < -0.39 is 6.55 Å². The summed E-state index contributed by atoms with van der Waals surface area (Å²) in [5.74, 6) is 0.533. The normalized spacial score (nSPS) is 17.0. The summed E-state index contributed by atoms with van der Waals surface area (Å²) in [6.07, 6.45) is 1.98. The van der Waals surface area contributed by atoms with Crippen LogP contribution in [0.4, 0.5) is 8.78 Å². The first-order chi connectivity index (χ1) is 11.3. The number of alkyl halides is 2. The van der Waals surface area contributed by atoms with Gasteiger partial charge in [-0.2, -0.15) is 13.9 Å². The van der Waals surface area contributed by atoms with Crippen molar-refractivity contribution in [1.82, 2.24) is 20.0 Å². The summed E-state index contributed by atoms with van der Waals surface area (Å²) in [5, 5.41) is 6.87. The number of hydrogen-bond donors (Lipinski definition) is 1. The maximum Gasteiger partial charge on any atom is 0.333 e. The van der Waals surface area contributed by atoms with E-state index >= 15 is 0 Å². The zero-order chi connectivity index (χ0) is 17.9. The molecule has 1 aliphatic rings.